The van der Waals surface area contributed by atoms with Crippen LogP contribution in [-0.2, 0) is 14.8 Å². The van der Waals surface area contributed by atoms with Crippen LogP contribution in [0, 0.1) is 0 Å². The molecule has 0 fully saturated rings. The van der Waals surface area contributed by atoms with Gasteiger partial charge in [0.15, 0.2) is 6.10 Å². The van der Waals surface area contributed by atoms with Crippen molar-refractivity contribution in [3.05, 3.63) is 83.4 Å². The average Bonchev–Trinajstić information content (AvgIpc) is 2.83. The van der Waals surface area contributed by atoms with Crippen molar-refractivity contribution in [2.75, 3.05) is 18.0 Å². The van der Waals surface area contributed by atoms with Gasteiger partial charge in [0, 0.05) is 5.02 Å². The Bertz CT molecular complexity index is 1250. The van der Waals surface area contributed by atoms with Gasteiger partial charge in [-0.15, -0.1) is 0 Å². The zero-order chi connectivity index (χ0) is 23.6. The van der Waals surface area contributed by atoms with Gasteiger partial charge in [-0.25, -0.2) is 8.42 Å². The molecule has 3 aromatic carbocycles. The second-order valence-electron chi connectivity index (χ2n) is 7.57. The molecule has 9 heteroatoms. The highest BCUT2D eigenvalue weighted by molar-refractivity contribution is 7.92. The molecule has 7 nitrogen and oxygen atoms in total. The van der Waals surface area contributed by atoms with Crippen molar-refractivity contribution in [3.8, 4) is 11.5 Å². The van der Waals surface area contributed by atoms with E-state index in [1.54, 1.807) is 31.4 Å². The standard InChI is InChI=1S/C24H23ClN2O5S/c1-16(17-7-11-19(31-2)12-8-17)26-24(28)23-15-27(21-5-3-4-6-22(21)32-23)33(29,30)20-13-9-18(25)10-14-20/h3-14,16,23H,15H2,1-2H3,(H,26,28)/t16-,23-/m1/s1. The number of para-hydroxylation sites is 2. The number of ether oxygens (including phenoxy) is 2. The van der Waals surface area contributed by atoms with Crippen LogP contribution in [0.3, 0.4) is 0 Å². The molecule has 33 heavy (non-hydrogen) atoms. The number of nitrogens with zero attached hydrogens (tertiary/aromatic N) is 1. The van der Waals surface area contributed by atoms with Gasteiger partial charge in [0.1, 0.15) is 11.5 Å². The minimum atomic E-state index is -3.95. The molecule has 0 saturated heterocycles. The van der Waals surface area contributed by atoms with Gasteiger partial charge in [-0.1, -0.05) is 35.9 Å². The highest BCUT2D eigenvalue weighted by Crippen LogP contribution is 2.37. The Balaban J connectivity index is 1.59. The van der Waals surface area contributed by atoms with Crippen LogP contribution in [0.4, 0.5) is 5.69 Å². The summed E-state index contributed by atoms with van der Waals surface area (Å²) in [5, 5.41) is 3.34. The molecule has 0 spiro atoms. The SMILES string of the molecule is COc1ccc([C@@H](C)NC(=O)[C@H]2CN(S(=O)(=O)c3ccc(Cl)cc3)c3ccccc3O2)cc1. The van der Waals surface area contributed by atoms with E-state index in [9.17, 15) is 13.2 Å². The van der Waals surface area contributed by atoms with Gasteiger partial charge in [-0.3, -0.25) is 9.10 Å². The maximum atomic E-state index is 13.4. The monoisotopic (exact) mass is 486 g/mol. The van der Waals surface area contributed by atoms with Crippen LogP contribution in [0.25, 0.3) is 0 Å². The summed E-state index contributed by atoms with van der Waals surface area (Å²) in [6, 6.07) is 19.7. The molecule has 0 unspecified atom stereocenters. The van der Waals surface area contributed by atoms with Gasteiger partial charge in [0.2, 0.25) is 0 Å². The molecule has 1 aliphatic rings. The molecule has 3 aromatic rings. The zero-order valence-corrected chi connectivity index (χ0v) is 19.6. The van der Waals surface area contributed by atoms with E-state index in [1.165, 1.54) is 28.6 Å². The van der Waals surface area contributed by atoms with Crippen LogP contribution in [0.5, 0.6) is 11.5 Å². The van der Waals surface area contributed by atoms with Crippen molar-refractivity contribution in [1.82, 2.24) is 5.32 Å². The molecule has 0 radical (unpaired) electrons. The smallest absolute Gasteiger partial charge is 0.264 e. The number of sulfonamides is 1. The van der Waals surface area contributed by atoms with Crippen LogP contribution in [0.15, 0.2) is 77.7 Å². The number of carbonyl (C=O) groups excluding carboxylic acids is 1. The first-order valence-corrected chi connectivity index (χ1v) is 12.1. The molecule has 0 aromatic heterocycles. The van der Waals surface area contributed by atoms with Crippen molar-refractivity contribution >= 4 is 33.2 Å². The van der Waals surface area contributed by atoms with E-state index in [-0.39, 0.29) is 17.5 Å². The second-order valence-corrected chi connectivity index (χ2v) is 9.87. The quantitative estimate of drug-likeness (QED) is 0.565. The van der Waals surface area contributed by atoms with Crippen molar-refractivity contribution < 1.29 is 22.7 Å². The number of nitrogens with one attached hydrogen (secondary N) is 1. The number of amides is 1. The average molecular weight is 487 g/mol. The maximum Gasteiger partial charge on any atom is 0.264 e. The Hall–Kier alpha value is -3.23. The first-order chi connectivity index (χ1) is 15.8. The van der Waals surface area contributed by atoms with Crippen LogP contribution >= 0.6 is 11.6 Å². The molecular weight excluding hydrogens is 464 g/mol. The van der Waals surface area contributed by atoms with Gasteiger partial charge >= 0.3 is 0 Å². The normalized spacial score (nSPS) is 16.3. The van der Waals surface area contributed by atoms with E-state index in [2.05, 4.69) is 5.32 Å². The zero-order valence-electron chi connectivity index (χ0n) is 18.1. The molecule has 172 valence electrons. The van der Waals surface area contributed by atoms with Gasteiger partial charge in [0.05, 0.1) is 30.3 Å². The summed E-state index contributed by atoms with van der Waals surface area (Å²) < 4.78 is 39.1. The Morgan fingerprint density at radius 3 is 2.42 bits per heavy atom. The van der Waals surface area contributed by atoms with Gasteiger partial charge in [-0.05, 0) is 61.0 Å². The van der Waals surface area contributed by atoms with Crippen molar-refractivity contribution in [3.63, 3.8) is 0 Å². The van der Waals surface area contributed by atoms with Crippen molar-refractivity contribution in [2.24, 2.45) is 0 Å². The summed E-state index contributed by atoms with van der Waals surface area (Å²) in [5.74, 6) is 0.621. The molecule has 1 aliphatic heterocycles. The molecular formula is C24H23ClN2O5S. The summed E-state index contributed by atoms with van der Waals surface area (Å²) in [6.07, 6.45) is -1.03. The predicted molar refractivity (Wildman–Crippen MR) is 126 cm³/mol. The third-order valence-electron chi connectivity index (χ3n) is 5.40. The van der Waals surface area contributed by atoms with Crippen LogP contribution < -0.4 is 19.1 Å². The molecule has 1 heterocycles. The minimum absolute atomic E-state index is 0.0781. The molecule has 4 rings (SSSR count). The van der Waals surface area contributed by atoms with E-state index in [1.807, 2.05) is 31.2 Å². The van der Waals surface area contributed by atoms with Gasteiger partial charge in [0.25, 0.3) is 15.9 Å². The number of anilines is 1. The molecule has 0 aliphatic carbocycles. The summed E-state index contributed by atoms with van der Waals surface area (Å²) in [7, 11) is -2.36. The topological polar surface area (TPSA) is 84.9 Å². The van der Waals surface area contributed by atoms with Crippen molar-refractivity contribution in [2.45, 2.75) is 24.0 Å². The Morgan fingerprint density at radius 1 is 1.09 bits per heavy atom. The molecule has 0 saturated carbocycles. The first kappa shape index (κ1) is 22.9. The number of halogens is 1. The van der Waals surface area contributed by atoms with E-state index >= 15 is 0 Å². The highest BCUT2D eigenvalue weighted by Gasteiger charge is 2.37. The third kappa shape index (κ3) is 4.77. The molecule has 2 atom stereocenters. The van der Waals surface area contributed by atoms with E-state index < -0.39 is 22.0 Å². The Kier molecular flexibility index (Phi) is 6.49. The number of fused-ring (bicyclic) bond motifs is 1. The number of carbonyl (C=O) groups is 1. The lowest BCUT2D eigenvalue weighted by Gasteiger charge is -2.35. The number of benzene rings is 3. The lowest BCUT2D eigenvalue weighted by Crippen LogP contribution is -2.51. The number of hydrogen-bond donors (Lipinski definition) is 1. The number of hydrogen-bond acceptors (Lipinski definition) is 5. The number of methoxy groups -OCH3 is 1. The largest absolute Gasteiger partial charge is 0.497 e. The fourth-order valence-electron chi connectivity index (χ4n) is 3.58. The fraction of sp³-hybridized carbons (Fsp3) is 0.208. The van der Waals surface area contributed by atoms with Crippen LogP contribution in [0.2, 0.25) is 5.02 Å². The predicted octanol–water partition coefficient (Wildman–Crippen LogP) is 4.18. The maximum absolute atomic E-state index is 13.4. The lowest BCUT2D eigenvalue weighted by atomic mass is 10.1. The van der Waals surface area contributed by atoms with Crippen molar-refractivity contribution in [1.29, 1.82) is 0 Å². The van der Waals surface area contributed by atoms with E-state index in [4.69, 9.17) is 21.1 Å². The highest BCUT2D eigenvalue weighted by atomic mass is 35.5. The second kappa shape index (κ2) is 9.33. The Morgan fingerprint density at radius 2 is 1.76 bits per heavy atom. The van der Waals surface area contributed by atoms with E-state index in [0.717, 1.165) is 5.56 Å². The van der Waals surface area contributed by atoms with Crippen LogP contribution in [0.1, 0.15) is 18.5 Å². The number of rotatable bonds is 6. The lowest BCUT2D eigenvalue weighted by molar-refractivity contribution is -0.128. The van der Waals surface area contributed by atoms with Crippen LogP contribution in [-0.4, -0.2) is 34.1 Å². The molecule has 0 bridgehead atoms. The fourth-order valence-corrected chi connectivity index (χ4v) is 5.18. The van der Waals surface area contributed by atoms with Gasteiger partial charge in [-0.2, -0.15) is 0 Å². The molecule has 1 amide bonds. The third-order valence-corrected chi connectivity index (χ3v) is 7.45. The summed E-state index contributed by atoms with van der Waals surface area (Å²) in [4.78, 5) is 13.1. The Labute approximate surface area is 197 Å². The summed E-state index contributed by atoms with van der Waals surface area (Å²) in [6.45, 7) is 1.68. The first-order valence-electron chi connectivity index (χ1n) is 10.3. The van der Waals surface area contributed by atoms with E-state index in [0.29, 0.717) is 22.2 Å². The summed E-state index contributed by atoms with van der Waals surface area (Å²) in [5.41, 5.74) is 1.26. The summed E-state index contributed by atoms with van der Waals surface area (Å²) >= 11 is 5.92. The van der Waals surface area contributed by atoms with Gasteiger partial charge < -0.3 is 14.8 Å². The minimum Gasteiger partial charge on any atom is -0.497 e. The molecule has 1 N–H and O–H groups in total.